The van der Waals surface area contributed by atoms with Crippen LogP contribution >= 0.6 is 0 Å². The molecule has 0 spiro atoms. The summed E-state index contributed by atoms with van der Waals surface area (Å²) in [7, 11) is 0. The summed E-state index contributed by atoms with van der Waals surface area (Å²) in [5.74, 6) is -0.0301. The zero-order valence-corrected chi connectivity index (χ0v) is 13.0. The van der Waals surface area contributed by atoms with Crippen LogP contribution in [0.25, 0.3) is 0 Å². The molecule has 0 bridgehead atoms. The first-order valence-corrected chi connectivity index (χ1v) is 7.01. The van der Waals surface area contributed by atoms with Gasteiger partial charge in [0.25, 0.3) is 0 Å². The molecule has 0 aliphatic heterocycles. The van der Waals surface area contributed by atoms with E-state index in [-0.39, 0.29) is 6.10 Å². The maximum Gasteiger partial charge on any atom is 0.323 e. The number of carbonyl (C=O) groups is 1. The maximum atomic E-state index is 11.4. The Morgan fingerprint density at radius 2 is 2.10 bits per heavy atom. The number of carboxylic acids is 1. The first-order valence-electron chi connectivity index (χ1n) is 7.01. The fraction of sp³-hybridized carbons (Fsp3) is 0.562. The van der Waals surface area contributed by atoms with Crippen molar-refractivity contribution in [3.05, 3.63) is 29.3 Å². The van der Waals surface area contributed by atoms with E-state index in [1.165, 1.54) is 0 Å². The van der Waals surface area contributed by atoms with Crippen molar-refractivity contribution >= 4 is 5.97 Å². The van der Waals surface area contributed by atoms with Crippen LogP contribution in [0.3, 0.4) is 0 Å². The van der Waals surface area contributed by atoms with Gasteiger partial charge in [0.2, 0.25) is 0 Å². The van der Waals surface area contributed by atoms with Gasteiger partial charge >= 0.3 is 5.97 Å². The summed E-state index contributed by atoms with van der Waals surface area (Å²) in [6.07, 6.45) is 0.222. The Bertz CT molecular complexity index is 473. The lowest BCUT2D eigenvalue weighted by Crippen LogP contribution is -2.51. The van der Waals surface area contributed by atoms with Gasteiger partial charge < -0.3 is 15.2 Å². The summed E-state index contributed by atoms with van der Waals surface area (Å²) in [5, 5.41) is 12.4. The van der Waals surface area contributed by atoms with Gasteiger partial charge in [0.1, 0.15) is 11.3 Å². The molecule has 1 aromatic rings. The number of rotatable bonds is 7. The largest absolute Gasteiger partial charge is 0.490 e. The van der Waals surface area contributed by atoms with Crippen molar-refractivity contribution < 1.29 is 14.6 Å². The van der Waals surface area contributed by atoms with E-state index in [4.69, 9.17) is 4.74 Å². The number of hydrogen-bond acceptors (Lipinski definition) is 3. The minimum absolute atomic E-state index is 0.185. The van der Waals surface area contributed by atoms with Crippen LogP contribution in [0, 0.1) is 13.8 Å². The highest BCUT2D eigenvalue weighted by Crippen LogP contribution is 2.23. The van der Waals surface area contributed by atoms with E-state index in [1.54, 1.807) is 6.92 Å². The molecule has 0 aliphatic carbocycles. The van der Waals surface area contributed by atoms with Gasteiger partial charge in [-0.1, -0.05) is 19.1 Å². The average Bonchev–Trinajstić information content (AvgIpc) is 2.33. The maximum absolute atomic E-state index is 11.4. The molecular formula is C16H25NO3. The van der Waals surface area contributed by atoms with Crippen molar-refractivity contribution in [2.45, 2.75) is 52.7 Å². The lowest BCUT2D eigenvalue weighted by Gasteiger charge is -2.29. The van der Waals surface area contributed by atoms with Crippen molar-refractivity contribution in [3.8, 4) is 5.75 Å². The molecule has 1 rings (SSSR count). The predicted octanol–water partition coefficient (Wildman–Crippen LogP) is 2.91. The molecule has 0 saturated heterocycles. The average molecular weight is 279 g/mol. The van der Waals surface area contributed by atoms with Gasteiger partial charge in [0.15, 0.2) is 0 Å². The van der Waals surface area contributed by atoms with Crippen molar-refractivity contribution in [3.63, 3.8) is 0 Å². The third-order valence-electron chi connectivity index (χ3n) is 3.41. The van der Waals surface area contributed by atoms with Crippen LogP contribution in [-0.4, -0.2) is 29.3 Å². The van der Waals surface area contributed by atoms with Crippen LogP contribution in [-0.2, 0) is 4.79 Å². The Morgan fingerprint density at radius 1 is 1.45 bits per heavy atom. The zero-order chi connectivity index (χ0) is 15.3. The number of aliphatic carboxylic acids is 1. The van der Waals surface area contributed by atoms with Crippen LogP contribution < -0.4 is 10.1 Å². The topological polar surface area (TPSA) is 58.6 Å². The summed E-state index contributed by atoms with van der Waals surface area (Å²) in [6.45, 7) is 10.1. The number of likely N-dealkylation sites (N-methyl/N-ethyl adjacent to an activating group) is 1. The number of aryl methyl sites for hydroxylation is 2. The molecule has 2 unspecified atom stereocenters. The molecule has 4 nitrogen and oxygen atoms in total. The molecule has 0 heterocycles. The van der Waals surface area contributed by atoms with Gasteiger partial charge in [-0.3, -0.25) is 4.79 Å². The second-order valence-electron chi connectivity index (χ2n) is 5.57. The van der Waals surface area contributed by atoms with E-state index in [0.29, 0.717) is 13.0 Å². The van der Waals surface area contributed by atoms with Gasteiger partial charge in [0, 0.05) is 6.42 Å². The van der Waals surface area contributed by atoms with Crippen LogP contribution in [0.1, 0.15) is 38.3 Å². The Morgan fingerprint density at radius 3 is 2.65 bits per heavy atom. The van der Waals surface area contributed by atoms with Gasteiger partial charge in [0.05, 0.1) is 6.10 Å². The molecule has 0 radical (unpaired) electrons. The summed E-state index contributed by atoms with van der Waals surface area (Å²) >= 11 is 0. The SMILES string of the molecule is CCNC(C)(CC(C)Oc1cc(C)ccc1C)C(=O)O. The molecule has 4 heteroatoms. The molecule has 112 valence electrons. The molecule has 20 heavy (non-hydrogen) atoms. The van der Waals surface area contributed by atoms with E-state index < -0.39 is 11.5 Å². The molecule has 0 aliphatic rings. The van der Waals surface area contributed by atoms with E-state index in [2.05, 4.69) is 5.32 Å². The second-order valence-corrected chi connectivity index (χ2v) is 5.57. The summed E-state index contributed by atoms with van der Waals surface area (Å²) < 4.78 is 5.91. The fourth-order valence-electron chi connectivity index (χ4n) is 2.29. The molecule has 0 amide bonds. The molecular weight excluding hydrogens is 254 g/mol. The number of nitrogens with one attached hydrogen (secondary N) is 1. The second kappa shape index (κ2) is 6.75. The summed E-state index contributed by atoms with van der Waals surface area (Å²) in [5.41, 5.74) is 1.22. The van der Waals surface area contributed by atoms with Crippen molar-refractivity contribution in [1.82, 2.24) is 5.32 Å². The Labute approximate surface area is 121 Å². The molecule has 0 fully saturated rings. The van der Waals surface area contributed by atoms with Gasteiger partial charge in [-0.05, 0) is 51.4 Å². The lowest BCUT2D eigenvalue weighted by molar-refractivity contribution is -0.145. The third-order valence-corrected chi connectivity index (χ3v) is 3.41. The number of benzene rings is 1. The Hall–Kier alpha value is -1.55. The standard InChI is InChI=1S/C16H25NO3/c1-6-17-16(5,15(18)19)10-13(4)20-14-9-11(2)7-8-12(14)3/h7-9,13,17H,6,10H2,1-5H3,(H,18,19). The molecule has 1 aromatic carbocycles. The zero-order valence-electron chi connectivity index (χ0n) is 13.0. The van der Waals surface area contributed by atoms with E-state index in [9.17, 15) is 9.90 Å². The molecule has 2 atom stereocenters. The monoisotopic (exact) mass is 279 g/mol. The van der Waals surface area contributed by atoms with Crippen LogP contribution in [0.5, 0.6) is 5.75 Å². The first-order chi connectivity index (χ1) is 9.28. The van der Waals surface area contributed by atoms with E-state index >= 15 is 0 Å². The highest BCUT2D eigenvalue weighted by molar-refractivity contribution is 5.78. The number of ether oxygens (including phenoxy) is 1. The van der Waals surface area contributed by atoms with E-state index in [1.807, 2.05) is 45.9 Å². The minimum atomic E-state index is -0.966. The molecule has 0 saturated carbocycles. The third kappa shape index (κ3) is 4.23. The highest BCUT2D eigenvalue weighted by Gasteiger charge is 2.34. The Balaban J connectivity index is 2.78. The fourth-order valence-corrected chi connectivity index (χ4v) is 2.29. The summed E-state index contributed by atoms with van der Waals surface area (Å²) in [6, 6.07) is 6.03. The van der Waals surface area contributed by atoms with Crippen LogP contribution in [0.4, 0.5) is 0 Å². The summed E-state index contributed by atoms with van der Waals surface area (Å²) in [4.78, 5) is 11.4. The van der Waals surface area contributed by atoms with Crippen LogP contribution in [0.15, 0.2) is 18.2 Å². The molecule has 0 aromatic heterocycles. The van der Waals surface area contributed by atoms with Crippen LogP contribution in [0.2, 0.25) is 0 Å². The van der Waals surface area contributed by atoms with Gasteiger partial charge in [-0.25, -0.2) is 0 Å². The van der Waals surface area contributed by atoms with Crippen molar-refractivity contribution in [2.24, 2.45) is 0 Å². The number of carboxylic acid groups (broad SMARTS) is 1. The normalized spacial score (nSPS) is 15.4. The van der Waals surface area contributed by atoms with Crippen molar-refractivity contribution in [1.29, 1.82) is 0 Å². The van der Waals surface area contributed by atoms with Gasteiger partial charge in [-0.2, -0.15) is 0 Å². The quantitative estimate of drug-likeness (QED) is 0.805. The van der Waals surface area contributed by atoms with E-state index in [0.717, 1.165) is 16.9 Å². The predicted molar refractivity (Wildman–Crippen MR) is 80.3 cm³/mol. The van der Waals surface area contributed by atoms with Gasteiger partial charge in [-0.15, -0.1) is 0 Å². The highest BCUT2D eigenvalue weighted by atomic mass is 16.5. The number of hydrogen-bond donors (Lipinski definition) is 2. The lowest BCUT2D eigenvalue weighted by atomic mass is 9.94. The Kier molecular flexibility index (Phi) is 5.57. The van der Waals surface area contributed by atoms with Crippen molar-refractivity contribution in [2.75, 3.05) is 6.54 Å². The smallest absolute Gasteiger partial charge is 0.323 e. The minimum Gasteiger partial charge on any atom is -0.490 e. The molecule has 2 N–H and O–H groups in total. The first kappa shape index (κ1) is 16.5.